The van der Waals surface area contributed by atoms with Crippen molar-refractivity contribution in [2.45, 2.75) is 53.1 Å². The normalized spacial score (nSPS) is 13.8. The van der Waals surface area contributed by atoms with Crippen molar-refractivity contribution < 1.29 is 4.79 Å². The van der Waals surface area contributed by atoms with Gasteiger partial charge in [0.25, 0.3) is 0 Å². The fraction of sp³-hybridized carbons (Fsp3) is 0.923. The van der Waals surface area contributed by atoms with Gasteiger partial charge in [0, 0.05) is 25.2 Å². The van der Waals surface area contributed by atoms with Crippen molar-refractivity contribution in [3.8, 4) is 0 Å². The van der Waals surface area contributed by atoms with Crippen molar-refractivity contribution in [3.63, 3.8) is 0 Å². The van der Waals surface area contributed by atoms with Crippen LogP contribution in [0.1, 0.15) is 41.5 Å². The Hall–Kier alpha value is -0.610. The summed E-state index contributed by atoms with van der Waals surface area (Å²) in [6.45, 7) is 14.9. The summed E-state index contributed by atoms with van der Waals surface area (Å²) in [6, 6.07) is -0.129. The zero-order valence-corrected chi connectivity index (χ0v) is 12.2. The Balaban J connectivity index is 3.64. The van der Waals surface area contributed by atoms with Gasteiger partial charge < -0.3 is 16.0 Å². The molecule has 0 aliphatic carbocycles. The highest BCUT2D eigenvalue weighted by Crippen LogP contribution is 1.96. The Labute approximate surface area is 106 Å². The summed E-state index contributed by atoms with van der Waals surface area (Å²) < 4.78 is 0. The van der Waals surface area contributed by atoms with Crippen LogP contribution in [0.3, 0.4) is 0 Å². The van der Waals surface area contributed by atoms with E-state index in [-0.39, 0.29) is 17.5 Å². The number of hydrogen-bond acceptors (Lipinski definition) is 3. The van der Waals surface area contributed by atoms with Gasteiger partial charge in [-0.25, -0.2) is 0 Å². The molecule has 0 aromatic carbocycles. The third-order valence-corrected chi connectivity index (χ3v) is 2.31. The standard InChI is InChI=1S/C13H29N3O/c1-10(2)9-15-12(17)11(3)14-7-8-16-13(4,5)6/h10-11,14,16H,7-9H2,1-6H3,(H,15,17). The molecule has 0 saturated carbocycles. The highest BCUT2D eigenvalue weighted by molar-refractivity contribution is 5.81. The van der Waals surface area contributed by atoms with Gasteiger partial charge in [0.2, 0.25) is 5.91 Å². The summed E-state index contributed by atoms with van der Waals surface area (Å²) in [5.41, 5.74) is 0.130. The summed E-state index contributed by atoms with van der Waals surface area (Å²) in [6.07, 6.45) is 0. The second-order valence-corrected chi connectivity index (χ2v) is 5.99. The van der Waals surface area contributed by atoms with E-state index in [0.29, 0.717) is 5.92 Å². The van der Waals surface area contributed by atoms with Crippen molar-refractivity contribution in [3.05, 3.63) is 0 Å². The maximum Gasteiger partial charge on any atom is 0.236 e. The number of amides is 1. The van der Waals surface area contributed by atoms with Crippen LogP contribution in [0.25, 0.3) is 0 Å². The first-order chi connectivity index (χ1) is 7.72. The summed E-state index contributed by atoms with van der Waals surface area (Å²) in [5, 5.41) is 9.49. The molecule has 102 valence electrons. The van der Waals surface area contributed by atoms with Gasteiger partial charge in [0.15, 0.2) is 0 Å². The maximum absolute atomic E-state index is 11.6. The molecule has 0 aromatic rings. The fourth-order valence-electron chi connectivity index (χ4n) is 1.28. The maximum atomic E-state index is 11.6. The first kappa shape index (κ1) is 16.4. The second-order valence-electron chi connectivity index (χ2n) is 5.99. The molecule has 0 rings (SSSR count). The van der Waals surface area contributed by atoms with Gasteiger partial charge in [-0.05, 0) is 33.6 Å². The van der Waals surface area contributed by atoms with E-state index in [1.54, 1.807) is 0 Å². The number of nitrogens with one attached hydrogen (secondary N) is 3. The minimum absolute atomic E-state index is 0.0782. The number of carbonyl (C=O) groups excluding carboxylic acids is 1. The lowest BCUT2D eigenvalue weighted by Gasteiger charge is -2.21. The van der Waals surface area contributed by atoms with Crippen molar-refractivity contribution >= 4 is 5.91 Å². The first-order valence-corrected chi connectivity index (χ1v) is 6.48. The van der Waals surface area contributed by atoms with Crippen molar-refractivity contribution in [1.29, 1.82) is 0 Å². The van der Waals surface area contributed by atoms with Crippen LogP contribution in [0.5, 0.6) is 0 Å². The molecule has 0 radical (unpaired) electrons. The second kappa shape index (κ2) is 7.67. The van der Waals surface area contributed by atoms with Gasteiger partial charge in [-0.1, -0.05) is 13.8 Å². The third kappa shape index (κ3) is 10.3. The molecule has 1 atom stereocenters. The Morgan fingerprint density at radius 3 is 2.18 bits per heavy atom. The Bertz CT molecular complexity index is 221. The van der Waals surface area contributed by atoms with Crippen LogP contribution in [0, 0.1) is 5.92 Å². The molecular weight excluding hydrogens is 214 g/mol. The topological polar surface area (TPSA) is 53.2 Å². The van der Waals surface area contributed by atoms with Gasteiger partial charge >= 0.3 is 0 Å². The van der Waals surface area contributed by atoms with Crippen LogP contribution in [0.15, 0.2) is 0 Å². The average Bonchev–Trinajstić information content (AvgIpc) is 2.19. The quantitative estimate of drug-likeness (QED) is 0.587. The monoisotopic (exact) mass is 243 g/mol. The molecule has 1 unspecified atom stereocenters. The van der Waals surface area contributed by atoms with Crippen LogP contribution in [0.2, 0.25) is 0 Å². The molecule has 17 heavy (non-hydrogen) atoms. The lowest BCUT2D eigenvalue weighted by Crippen LogP contribution is -2.47. The molecule has 1 amide bonds. The zero-order chi connectivity index (χ0) is 13.5. The summed E-state index contributed by atoms with van der Waals surface area (Å²) in [4.78, 5) is 11.6. The predicted octanol–water partition coefficient (Wildman–Crippen LogP) is 1.12. The van der Waals surface area contributed by atoms with E-state index < -0.39 is 0 Å². The zero-order valence-electron chi connectivity index (χ0n) is 12.2. The Morgan fingerprint density at radius 1 is 1.12 bits per heavy atom. The molecule has 3 N–H and O–H groups in total. The number of carbonyl (C=O) groups is 1. The highest BCUT2D eigenvalue weighted by atomic mass is 16.2. The van der Waals surface area contributed by atoms with Gasteiger partial charge in [0.05, 0.1) is 6.04 Å². The molecule has 0 fully saturated rings. The predicted molar refractivity (Wildman–Crippen MR) is 73.1 cm³/mol. The molecule has 0 saturated heterocycles. The smallest absolute Gasteiger partial charge is 0.236 e. The minimum Gasteiger partial charge on any atom is -0.354 e. The van der Waals surface area contributed by atoms with Crippen molar-refractivity contribution in [2.75, 3.05) is 19.6 Å². The van der Waals surface area contributed by atoms with Crippen LogP contribution in [-0.2, 0) is 4.79 Å². The molecule has 0 aliphatic heterocycles. The summed E-state index contributed by atoms with van der Waals surface area (Å²) in [7, 11) is 0. The molecule has 0 aliphatic rings. The number of rotatable bonds is 7. The lowest BCUT2D eigenvalue weighted by atomic mass is 10.1. The number of hydrogen-bond donors (Lipinski definition) is 3. The van der Waals surface area contributed by atoms with Gasteiger partial charge in [-0.15, -0.1) is 0 Å². The van der Waals surface area contributed by atoms with Gasteiger partial charge in [-0.2, -0.15) is 0 Å². The Kier molecular flexibility index (Phi) is 7.39. The van der Waals surface area contributed by atoms with E-state index >= 15 is 0 Å². The largest absolute Gasteiger partial charge is 0.354 e. The van der Waals surface area contributed by atoms with Crippen molar-refractivity contribution in [2.24, 2.45) is 5.92 Å². The van der Waals surface area contributed by atoms with Gasteiger partial charge in [-0.3, -0.25) is 4.79 Å². The van der Waals surface area contributed by atoms with E-state index in [0.717, 1.165) is 19.6 Å². The fourth-order valence-corrected chi connectivity index (χ4v) is 1.28. The van der Waals surface area contributed by atoms with Crippen LogP contribution in [0.4, 0.5) is 0 Å². The van der Waals surface area contributed by atoms with Crippen LogP contribution in [-0.4, -0.2) is 37.1 Å². The molecule has 4 heteroatoms. The lowest BCUT2D eigenvalue weighted by molar-refractivity contribution is -0.122. The average molecular weight is 243 g/mol. The van der Waals surface area contributed by atoms with Crippen molar-refractivity contribution in [1.82, 2.24) is 16.0 Å². The van der Waals surface area contributed by atoms with Crippen LogP contribution < -0.4 is 16.0 Å². The summed E-state index contributed by atoms with van der Waals surface area (Å²) >= 11 is 0. The van der Waals surface area contributed by atoms with E-state index in [9.17, 15) is 4.79 Å². The SMILES string of the molecule is CC(C)CNC(=O)C(C)NCCNC(C)(C)C. The van der Waals surface area contributed by atoms with E-state index in [2.05, 4.69) is 50.6 Å². The minimum atomic E-state index is -0.129. The third-order valence-electron chi connectivity index (χ3n) is 2.31. The molecule has 4 nitrogen and oxygen atoms in total. The van der Waals surface area contributed by atoms with Crippen LogP contribution >= 0.6 is 0 Å². The molecule has 0 spiro atoms. The van der Waals surface area contributed by atoms with E-state index in [4.69, 9.17) is 0 Å². The highest BCUT2D eigenvalue weighted by Gasteiger charge is 2.12. The molecular formula is C13H29N3O. The van der Waals surface area contributed by atoms with Gasteiger partial charge in [0.1, 0.15) is 0 Å². The summed E-state index contributed by atoms with van der Waals surface area (Å²) in [5.74, 6) is 0.572. The molecule has 0 bridgehead atoms. The molecule has 0 aromatic heterocycles. The van der Waals surface area contributed by atoms with E-state index in [1.807, 2.05) is 6.92 Å². The molecule has 0 heterocycles. The first-order valence-electron chi connectivity index (χ1n) is 6.48. The van der Waals surface area contributed by atoms with E-state index in [1.165, 1.54) is 0 Å². The Morgan fingerprint density at radius 2 is 1.71 bits per heavy atom.